The molecule has 0 radical (unpaired) electrons. The van der Waals surface area contributed by atoms with Gasteiger partial charge >= 0.3 is 0 Å². The van der Waals surface area contributed by atoms with Crippen LogP contribution in [0.25, 0.3) is 22.3 Å². The Balaban J connectivity index is 1.63. The average molecular weight is 396 g/mol. The van der Waals surface area contributed by atoms with Gasteiger partial charge in [0, 0.05) is 12.6 Å². The summed E-state index contributed by atoms with van der Waals surface area (Å²) in [5.74, 6) is 0.381. The first-order chi connectivity index (χ1) is 13.4. The molecule has 1 atom stereocenters. The van der Waals surface area contributed by atoms with E-state index in [1.54, 1.807) is 32.2 Å². The summed E-state index contributed by atoms with van der Waals surface area (Å²) in [5.41, 5.74) is 1.63. The maximum atomic E-state index is 13.8. The van der Waals surface area contributed by atoms with Crippen LogP contribution in [0.4, 0.5) is 4.39 Å². The Bertz CT molecular complexity index is 1230. The highest BCUT2D eigenvalue weighted by molar-refractivity contribution is 7.99. The molecule has 8 heteroatoms. The van der Waals surface area contributed by atoms with Gasteiger partial charge in [-0.1, -0.05) is 41.2 Å². The highest BCUT2D eigenvalue weighted by Crippen LogP contribution is 2.33. The number of aromatic nitrogens is 4. The number of para-hydroxylation sites is 1. The Hall–Kier alpha value is -3.00. The lowest BCUT2D eigenvalue weighted by Gasteiger charge is -2.10. The first kappa shape index (κ1) is 18.4. The van der Waals surface area contributed by atoms with E-state index in [1.807, 2.05) is 25.1 Å². The number of fused-ring (bicyclic) bond motifs is 1. The van der Waals surface area contributed by atoms with Gasteiger partial charge in [0.2, 0.25) is 11.7 Å². The topological polar surface area (TPSA) is 73.8 Å². The zero-order valence-corrected chi connectivity index (χ0v) is 16.3. The molecule has 2 aromatic heterocycles. The molecule has 2 aromatic carbocycles. The Labute approximate surface area is 164 Å². The molecule has 0 saturated heterocycles. The third kappa shape index (κ3) is 3.31. The molecule has 1 unspecified atom stereocenters. The molecule has 0 saturated carbocycles. The predicted octanol–water partition coefficient (Wildman–Crippen LogP) is 4.28. The molecule has 0 spiro atoms. The lowest BCUT2D eigenvalue weighted by atomic mass is 10.1. The summed E-state index contributed by atoms with van der Waals surface area (Å²) in [6.45, 7) is 3.58. The molecule has 0 fully saturated rings. The minimum atomic E-state index is -0.318. The molecule has 0 aliphatic heterocycles. The van der Waals surface area contributed by atoms with Crippen molar-refractivity contribution in [3.63, 3.8) is 0 Å². The Morgan fingerprint density at radius 1 is 1.18 bits per heavy atom. The van der Waals surface area contributed by atoms with Crippen LogP contribution in [0.1, 0.15) is 23.6 Å². The van der Waals surface area contributed by atoms with Crippen LogP contribution in [0.3, 0.4) is 0 Å². The van der Waals surface area contributed by atoms with E-state index in [0.29, 0.717) is 38.9 Å². The minimum absolute atomic E-state index is 0.110. The van der Waals surface area contributed by atoms with Crippen molar-refractivity contribution < 1.29 is 8.91 Å². The van der Waals surface area contributed by atoms with Crippen molar-refractivity contribution in [1.82, 2.24) is 19.7 Å². The van der Waals surface area contributed by atoms with E-state index in [9.17, 15) is 9.18 Å². The third-order valence-corrected chi connectivity index (χ3v) is 5.57. The molecule has 4 rings (SSSR count). The summed E-state index contributed by atoms with van der Waals surface area (Å²) >= 11 is 1.35. The van der Waals surface area contributed by atoms with Gasteiger partial charge in [-0.25, -0.2) is 9.37 Å². The maximum absolute atomic E-state index is 13.8. The molecule has 6 nitrogen and oxygen atoms in total. The number of rotatable bonds is 4. The summed E-state index contributed by atoms with van der Waals surface area (Å²) in [5, 5.41) is 4.84. The molecule has 2 heterocycles. The van der Waals surface area contributed by atoms with Gasteiger partial charge in [0.15, 0.2) is 5.16 Å². The quantitative estimate of drug-likeness (QED) is 0.379. The fourth-order valence-corrected chi connectivity index (χ4v) is 3.67. The molecular weight excluding hydrogens is 379 g/mol. The Morgan fingerprint density at radius 2 is 1.96 bits per heavy atom. The van der Waals surface area contributed by atoms with Gasteiger partial charge in [-0.05, 0) is 37.6 Å². The van der Waals surface area contributed by atoms with Gasteiger partial charge < -0.3 is 4.52 Å². The number of nitrogens with zero attached hydrogens (tertiary/aromatic N) is 4. The normalized spacial score (nSPS) is 12.4. The van der Waals surface area contributed by atoms with E-state index in [-0.39, 0.29) is 16.6 Å². The second-order valence-electron chi connectivity index (χ2n) is 6.46. The third-order valence-electron chi connectivity index (χ3n) is 4.44. The van der Waals surface area contributed by atoms with Crippen molar-refractivity contribution >= 4 is 22.7 Å². The average Bonchev–Trinajstić information content (AvgIpc) is 3.18. The van der Waals surface area contributed by atoms with E-state index >= 15 is 0 Å². The van der Waals surface area contributed by atoms with Crippen LogP contribution < -0.4 is 5.56 Å². The molecule has 0 bridgehead atoms. The first-order valence-electron chi connectivity index (χ1n) is 8.66. The van der Waals surface area contributed by atoms with Crippen LogP contribution in [-0.4, -0.2) is 19.7 Å². The second kappa shape index (κ2) is 7.20. The maximum Gasteiger partial charge on any atom is 0.261 e. The van der Waals surface area contributed by atoms with Crippen molar-refractivity contribution in [3.05, 3.63) is 70.1 Å². The van der Waals surface area contributed by atoms with Crippen molar-refractivity contribution in [2.75, 3.05) is 0 Å². The van der Waals surface area contributed by atoms with E-state index in [4.69, 9.17) is 4.52 Å². The van der Waals surface area contributed by atoms with Crippen LogP contribution >= 0.6 is 11.8 Å². The Morgan fingerprint density at radius 3 is 2.75 bits per heavy atom. The fourth-order valence-electron chi connectivity index (χ4n) is 2.76. The van der Waals surface area contributed by atoms with Crippen LogP contribution in [0, 0.1) is 12.7 Å². The molecule has 0 amide bonds. The second-order valence-corrected chi connectivity index (χ2v) is 7.76. The smallest absolute Gasteiger partial charge is 0.261 e. The van der Waals surface area contributed by atoms with Gasteiger partial charge in [-0.3, -0.25) is 9.36 Å². The molecule has 142 valence electrons. The zero-order chi connectivity index (χ0) is 19.8. The predicted molar refractivity (Wildman–Crippen MR) is 106 cm³/mol. The van der Waals surface area contributed by atoms with E-state index in [1.165, 1.54) is 22.4 Å². The zero-order valence-electron chi connectivity index (χ0n) is 15.5. The van der Waals surface area contributed by atoms with E-state index < -0.39 is 0 Å². The highest BCUT2D eigenvalue weighted by Gasteiger charge is 2.20. The van der Waals surface area contributed by atoms with Crippen molar-refractivity contribution in [2.45, 2.75) is 24.3 Å². The van der Waals surface area contributed by atoms with E-state index in [0.717, 1.165) is 0 Å². The standard InChI is InChI=1S/C20H17FN4O2S/c1-11-8-9-13(10-15(11)21)17-23-18(27-24-17)12(2)28-20-22-16-7-5-4-6-14(16)19(26)25(20)3/h4-10,12H,1-3H3. The summed E-state index contributed by atoms with van der Waals surface area (Å²) < 4.78 is 20.7. The monoisotopic (exact) mass is 396 g/mol. The first-order valence-corrected chi connectivity index (χ1v) is 9.54. The fraction of sp³-hybridized carbons (Fsp3) is 0.200. The number of halogens is 1. The number of aryl methyl sites for hydroxylation is 1. The van der Waals surface area contributed by atoms with Gasteiger partial charge in [-0.15, -0.1) is 0 Å². The largest absolute Gasteiger partial charge is 0.338 e. The van der Waals surface area contributed by atoms with Crippen LogP contribution in [0.2, 0.25) is 0 Å². The minimum Gasteiger partial charge on any atom is -0.338 e. The SMILES string of the molecule is Cc1ccc(-c2noc(C(C)Sc3nc4ccccc4c(=O)n3C)n2)cc1F. The number of benzene rings is 2. The number of thioether (sulfide) groups is 1. The summed E-state index contributed by atoms with van der Waals surface area (Å²) in [6, 6.07) is 12.0. The van der Waals surface area contributed by atoms with Crippen molar-refractivity contribution in [1.29, 1.82) is 0 Å². The molecule has 0 N–H and O–H groups in total. The lowest BCUT2D eigenvalue weighted by molar-refractivity contribution is 0.380. The summed E-state index contributed by atoms with van der Waals surface area (Å²) in [7, 11) is 1.69. The van der Waals surface area contributed by atoms with Gasteiger partial charge in [-0.2, -0.15) is 4.98 Å². The number of hydrogen-bond acceptors (Lipinski definition) is 6. The van der Waals surface area contributed by atoms with Crippen LogP contribution in [0.5, 0.6) is 0 Å². The Kier molecular flexibility index (Phi) is 4.72. The molecular formula is C20H17FN4O2S. The van der Waals surface area contributed by atoms with E-state index in [2.05, 4.69) is 15.1 Å². The number of hydrogen-bond donors (Lipinski definition) is 0. The van der Waals surface area contributed by atoms with Crippen molar-refractivity contribution in [2.24, 2.45) is 7.05 Å². The van der Waals surface area contributed by atoms with Crippen molar-refractivity contribution in [3.8, 4) is 11.4 Å². The summed E-state index contributed by atoms with van der Waals surface area (Å²) in [6.07, 6.45) is 0. The lowest BCUT2D eigenvalue weighted by Crippen LogP contribution is -2.20. The molecule has 28 heavy (non-hydrogen) atoms. The van der Waals surface area contributed by atoms with Crippen LogP contribution in [-0.2, 0) is 7.05 Å². The van der Waals surface area contributed by atoms with Gasteiger partial charge in [0.1, 0.15) is 5.82 Å². The molecule has 0 aliphatic carbocycles. The van der Waals surface area contributed by atoms with Gasteiger partial charge in [0.25, 0.3) is 5.56 Å². The molecule has 4 aromatic rings. The summed E-state index contributed by atoms with van der Waals surface area (Å²) in [4.78, 5) is 21.5. The molecule has 0 aliphatic rings. The van der Waals surface area contributed by atoms with Gasteiger partial charge in [0.05, 0.1) is 16.2 Å². The van der Waals surface area contributed by atoms with Crippen LogP contribution in [0.15, 0.2) is 56.9 Å². The highest BCUT2D eigenvalue weighted by atomic mass is 32.2.